The standard InChI is InChI=1S/C16H22N4/c1-4-14-18-15(16(17)20(14)5-2)12-6-7-13-11(10-12)8-9-19(13)3/h6-7,10H,4-5,8-9,17H2,1-3H3. The van der Waals surface area contributed by atoms with Gasteiger partial charge < -0.3 is 15.2 Å². The minimum Gasteiger partial charge on any atom is -0.383 e. The zero-order valence-electron chi connectivity index (χ0n) is 12.5. The monoisotopic (exact) mass is 270 g/mol. The van der Waals surface area contributed by atoms with E-state index in [1.165, 1.54) is 11.3 Å². The molecule has 1 aromatic carbocycles. The van der Waals surface area contributed by atoms with Crippen molar-refractivity contribution >= 4 is 11.5 Å². The van der Waals surface area contributed by atoms with Crippen LogP contribution in [-0.2, 0) is 19.4 Å². The lowest BCUT2D eigenvalue weighted by molar-refractivity contribution is 0.713. The number of rotatable bonds is 3. The van der Waals surface area contributed by atoms with E-state index in [1.54, 1.807) is 0 Å². The van der Waals surface area contributed by atoms with Gasteiger partial charge in [-0.1, -0.05) is 13.0 Å². The van der Waals surface area contributed by atoms with Crippen molar-refractivity contribution in [1.82, 2.24) is 9.55 Å². The first-order chi connectivity index (χ1) is 9.65. The molecule has 0 unspecified atom stereocenters. The average molecular weight is 270 g/mol. The number of anilines is 2. The van der Waals surface area contributed by atoms with Crippen molar-refractivity contribution in [2.24, 2.45) is 0 Å². The number of hydrogen-bond acceptors (Lipinski definition) is 3. The maximum Gasteiger partial charge on any atom is 0.131 e. The summed E-state index contributed by atoms with van der Waals surface area (Å²) in [4.78, 5) is 7.03. The average Bonchev–Trinajstić information content (AvgIpc) is 2.99. The lowest BCUT2D eigenvalue weighted by atomic mass is 10.1. The Morgan fingerprint density at radius 1 is 1.30 bits per heavy atom. The van der Waals surface area contributed by atoms with E-state index in [2.05, 4.69) is 48.6 Å². The van der Waals surface area contributed by atoms with E-state index in [0.29, 0.717) is 0 Å². The molecule has 2 N–H and O–H groups in total. The van der Waals surface area contributed by atoms with Gasteiger partial charge in [-0.2, -0.15) is 0 Å². The fourth-order valence-corrected chi connectivity index (χ4v) is 3.06. The Labute approximate surface area is 120 Å². The van der Waals surface area contributed by atoms with E-state index < -0.39 is 0 Å². The number of likely N-dealkylation sites (N-methyl/N-ethyl adjacent to an activating group) is 1. The molecule has 0 aliphatic carbocycles. The number of aryl methyl sites for hydroxylation is 1. The van der Waals surface area contributed by atoms with Crippen LogP contribution in [0.15, 0.2) is 18.2 Å². The fraction of sp³-hybridized carbons (Fsp3) is 0.438. The van der Waals surface area contributed by atoms with Crippen LogP contribution in [0.3, 0.4) is 0 Å². The summed E-state index contributed by atoms with van der Waals surface area (Å²) in [6.45, 7) is 6.20. The van der Waals surface area contributed by atoms with Crippen LogP contribution in [0.2, 0.25) is 0 Å². The molecule has 1 aromatic heterocycles. The molecule has 3 rings (SSSR count). The van der Waals surface area contributed by atoms with Gasteiger partial charge in [0, 0.05) is 37.8 Å². The first-order valence-electron chi connectivity index (χ1n) is 7.35. The first-order valence-corrected chi connectivity index (χ1v) is 7.35. The van der Waals surface area contributed by atoms with Gasteiger partial charge in [-0.3, -0.25) is 0 Å². The summed E-state index contributed by atoms with van der Waals surface area (Å²) in [5.41, 5.74) is 11.1. The number of hydrogen-bond donors (Lipinski definition) is 1. The molecule has 4 heteroatoms. The molecule has 0 saturated carbocycles. The molecule has 2 aromatic rings. The first kappa shape index (κ1) is 13.0. The smallest absolute Gasteiger partial charge is 0.131 e. The number of imidazole rings is 1. The SMILES string of the molecule is CCc1nc(-c2ccc3c(c2)CCN3C)c(N)n1CC. The third-order valence-corrected chi connectivity index (χ3v) is 4.20. The number of nitrogens with two attached hydrogens (primary N) is 1. The predicted octanol–water partition coefficient (Wildman–Crippen LogP) is 2.71. The lowest BCUT2D eigenvalue weighted by Gasteiger charge is -2.12. The number of nitrogens with zero attached hydrogens (tertiary/aromatic N) is 3. The highest BCUT2D eigenvalue weighted by Crippen LogP contribution is 2.33. The Morgan fingerprint density at radius 3 is 2.75 bits per heavy atom. The fourth-order valence-electron chi connectivity index (χ4n) is 3.06. The topological polar surface area (TPSA) is 47.1 Å². The van der Waals surface area contributed by atoms with Gasteiger partial charge in [0.2, 0.25) is 0 Å². The molecule has 0 bridgehead atoms. The van der Waals surface area contributed by atoms with Crippen molar-refractivity contribution in [3.05, 3.63) is 29.6 Å². The Kier molecular flexibility index (Phi) is 3.16. The van der Waals surface area contributed by atoms with Gasteiger partial charge in [-0.15, -0.1) is 0 Å². The second-order valence-corrected chi connectivity index (χ2v) is 5.37. The van der Waals surface area contributed by atoms with E-state index in [0.717, 1.165) is 48.8 Å². The minimum absolute atomic E-state index is 0.788. The number of nitrogen functional groups attached to an aromatic ring is 1. The Morgan fingerprint density at radius 2 is 2.10 bits per heavy atom. The van der Waals surface area contributed by atoms with Crippen LogP contribution in [0, 0.1) is 0 Å². The molecule has 0 saturated heterocycles. The van der Waals surface area contributed by atoms with Crippen molar-refractivity contribution in [1.29, 1.82) is 0 Å². The second-order valence-electron chi connectivity index (χ2n) is 5.37. The molecule has 0 amide bonds. The Bertz CT molecular complexity index is 642. The maximum atomic E-state index is 6.28. The quantitative estimate of drug-likeness (QED) is 0.933. The predicted molar refractivity (Wildman–Crippen MR) is 84.1 cm³/mol. The molecule has 20 heavy (non-hydrogen) atoms. The molecule has 1 aliphatic rings. The van der Waals surface area contributed by atoms with Gasteiger partial charge in [-0.05, 0) is 31.0 Å². The summed E-state index contributed by atoms with van der Waals surface area (Å²) < 4.78 is 2.11. The number of benzene rings is 1. The van der Waals surface area contributed by atoms with Crippen molar-refractivity contribution in [2.75, 3.05) is 24.2 Å². The molecule has 0 spiro atoms. The van der Waals surface area contributed by atoms with Crippen LogP contribution < -0.4 is 10.6 Å². The van der Waals surface area contributed by atoms with Crippen molar-refractivity contribution < 1.29 is 0 Å². The molecule has 1 aliphatic heterocycles. The summed E-state index contributed by atoms with van der Waals surface area (Å²) in [6, 6.07) is 6.57. The van der Waals surface area contributed by atoms with Crippen molar-refractivity contribution in [2.45, 2.75) is 33.2 Å². The van der Waals surface area contributed by atoms with Crippen LogP contribution in [0.5, 0.6) is 0 Å². The minimum atomic E-state index is 0.788. The summed E-state index contributed by atoms with van der Waals surface area (Å²) in [5, 5.41) is 0. The van der Waals surface area contributed by atoms with Crippen LogP contribution >= 0.6 is 0 Å². The van der Waals surface area contributed by atoms with Gasteiger partial charge in [0.1, 0.15) is 17.3 Å². The molecule has 2 heterocycles. The van der Waals surface area contributed by atoms with Crippen molar-refractivity contribution in [3.8, 4) is 11.3 Å². The highest BCUT2D eigenvalue weighted by Gasteiger charge is 2.19. The van der Waals surface area contributed by atoms with Gasteiger partial charge in [0.05, 0.1) is 0 Å². The highest BCUT2D eigenvalue weighted by atomic mass is 15.1. The van der Waals surface area contributed by atoms with Crippen LogP contribution in [0.4, 0.5) is 11.5 Å². The van der Waals surface area contributed by atoms with Gasteiger partial charge >= 0.3 is 0 Å². The van der Waals surface area contributed by atoms with E-state index in [9.17, 15) is 0 Å². The van der Waals surface area contributed by atoms with Gasteiger partial charge in [-0.25, -0.2) is 4.98 Å². The molecule has 4 nitrogen and oxygen atoms in total. The third kappa shape index (κ3) is 1.87. The molecule has 106 valence electrons. The van der Waals surface area contributed by atoms with E-state index in [1.807, 2.05) is 0 Å². The molecule has 0 radical (unpaired) electrons. The zero-order chi connectivity index (χ0) is 14.3. The van der Waals surface area contributed by atoms with E-state index >= 15 is 0 Å². The van der Waals surface area contributed by atoms with E-state index in [-0.39, 0.29) is 0 Å². The zero-order valence-corrected chi connectivity index (χ0v) is 12.5. The Hall–Kier alpha value is -1.97. The van der Waals surface area contributed by atoms with Gasteiger partial charge in [0.25, 0.3) is 0 Å². The number of aromatic nitrogens is 2. The largest absolute Gasteiger partial charge is 0.383 e. The summed E-state index contributed by atoms with van der Waals surface area (Å²) in [6.07, 6.45) is 2.01. The second kappa shape index (κ2) is 4.85. The highest BCUT2D eigenvalue weighted by molar-refractivity contribution is 5.75. The summed E-state index contributed by atoms with van der Waals surface area (Å²) in [5.74, 6) is 1.85. The maximum absolute atomic E-state index is 6.28. The summed E-state index contributed by atoms with van der Waals surface area (Å²) >= 11 is 0. The normalized spacial score (nSPS) is 13.8. The Balaban J connectivity index is 2.08. The lowest BCUT2D eigenvalue weighted by Crippen LogP contribution is -2.12. The number of fused-ring (bicyclic) bond motifs is 1. The molecule has 0 fully saturated rings. The van der Waals surface area contributed by atoms with Gasteiger partial charge in [0.15, 0.2) is 0 Å². The van der Waals surface area contributed by atoms with Crippen LogP contribution in [0.25, 0.3) is 11.3 Å². The van der Waals surface area contributed by atoms with Crippen LogP contribution in [-0.4, -0.2) is 23.1 Å². The van der Waals surface area contributed by atoms with Crippen LogP contribution in [0.1, 0.15) is 25.2 Å². The third-order valence-electron chi connectivity index (χ3n) is 4.20. The molecule has 0 atom stereocenters. The van der Waals surface area contributed by atoms with E-state index in [4.69, 9.17) is 10.7 Å². The summed E-state index contributed by atoms with van der Waals surface area (Å²) in [7, 11) is 2.14. The molecular weight excluding hydrogens is 248 g/mol. The van der Waals surface area contributed by atoms with Crippen molar-refractivity contribution in [3.63, 3.8) is 0 Å². The molecular formula is C16H22N4.